The first-order valence-corrected chi connectivity index (χ1v) is 3.83. The number of rotatable bonds is 2. The van der Waals surface area contributed by atoms with Crippen LogP contribution >= 0.6 is 11.3 Å². The molecule has 0 aromatic carbocycles. The lowest BCUT2D eigenvalue weighted by molar-refractivity contribution is 0.325. The summed E-state index contributed by atoms with van der Waals surface area (Å²) in [6.07, 6.45) is 1.66. The Labute approximate surface area is 63.2 Å². The van der Waals surface area contributed by atoms with Crippen molar-refractivity contribution in [3.05, 3.63) is 16.6 Å². The summed E-state index contributed by atoms with van der Waals surface area (Å²) >= 11 is 1.41. The van der Waals surface area contributed by atoms with Crippen molar-refractivity contribution in [3.8, 4) is 0 Å². The van der Waals surface area contributed by atoms with Crippen LogP contribution in [0, 0.1) is 5.41 Å². The van der Waals surface area contributed by atoms with Crippen molar-refractivity contribution in [2.24, 2.45) is 0 Å². The summed E-state index contributed by atoms with van der Waals surface area (Å²) in [5.41, 5.74) is 0. The summed E-state index contributed by atoms with van der Waals surface area (Å²) in [5.74, 6) is 0.164. The molecule has 0 aliphatic rings. The highest BCUT2D eigenvalue weighted by molar-refractivity contribution is 7.11. The van der Waals surface area contributed by atoms with Gasteiger partial charge in [0.2, 0.25) is 5.90 Å². The Morgan fingerprint density at radius 1 is 1.90 bits per heavy atom. The van der Waals surface area contributed by atoms with E-state index in [0.29, 0.717) is 11.6 Å². The minimum Gasteiger partial charge on any atom is -0.476 e. The molecule has 10 heavy (non-hydrogen) atoms. The lowest BCUT2D eigenvalue weighted by Gasteiger charge is -1.98. The van der Waals surface area contributed by atoms with Crippen LogP contribution in [0.25, 0.3) is 0 Å². The monoisotopic (exact) mass is 156 g/mol. The van der Waals surface area contributed by atoms with Gasteiger partial charge in [0.1, 0.15) is 0 Å². The van der Waals surface area contributed by atoms with Gasteiger partial charge in [-0.25, -0.2) is 4.98 Å². The fourth-order valence-electron chi connectivity index (χ4n) is 0.542. The van der Waals surface area contributed by atoms with E-state index < -0.39 is 0 Å². The van der Waals surface area contributed by atoms with Gasteiger partial charge in [0.15, 0.2) is 5.01 Å². The Balaban J connectivity index is 2.59. The maximum atomic E-state index is 7.27. The van der Waals surface area contributed by atoms with E-state index in [4.69, 9.17) is 10.1 Å². The minimum atomic E-state index is 0.164. The van der Waals surface area contributed by atoms with Crippen LogP contribution in [0.15, 0.2) is 11.6 Å². The molecule has 1 heterocycles. The van der Waals surface area contributed by atoms with Gasteiger partial charge in [-0.05, 0) is 6.92 Å². The molecule has 4 heteroatoms. The Hall–Kier alpha value is -0.900. The molecule has 0 aliphatic carbocycles. The van der Waals surface area contributed by atoms with Crippen molar-refractivity contribution in [2.75, 3.05) is 6.61 Å². The summed E-state index contributed by atoms with van der Waals surface area (Å²) in [6.45, 7) is 2.38. The average molecular weight is 156 g/mol. The molecule has 1 aromatic heterocycles. The van der Waals surface area contributed by atoms with Crippen molar-refractivity contribution in [1.82, 2.24) is 4.98 Å². The predicted molar refractivity (Wildman–Crippen MR) is 40.6 cm³/mol. The first-order valence-electron chi connectivity index (χ1n) is 2.95. The summed E-state index contributed by atoms with van der Waals surface area (Å²) in [7, 11) is 0. The second kappa shape index (κ2) is 3.31. The number of hydrogen-bond donors (Lipinski definition) is 1. The van der Waals surface area contributed by atoms with Gasteiger partial charge in [0.25, 0.3) is 0 Å². The lowest BCUT2D eigenvalue weighted by Crippen LogP contribution is -2.03. The largest absolute Gasteiger partial charge is 0.476 e. The highest BCUT2D eigenvalue weighted by Crippen LogP contribution is 2.04. The van der Waals surface area contributed by atoms with Gasteiger partial charge in [-0.15, -0.1) is 11.3 Å². The second-order valence-corrected chi connectivity index (χ2v) is 2.49. The minimum absolute atomic E-state index is 0.164. The third-order valence-corrected chi connectivity index (χ3v) is 1.69. The highest BCUT2D eigenvalue weighted by Gasteiger charge is 2.02. The Bertz CT molecular complexity index is 208. The number of aromatic nitrogens is 1. The normalized spacial score (nSPS) is 9.30. The first-order chi connectivity index (χ1) is 4.84. The van der Waals surface area contributed by atoms with Crippen LogP contribution in [-0.2, 0) is 4.74 Å². The van der Waals surface area contributed by atoms with Crippen molar-refractivity contribution < 1.29 is 4.74 Å². The van der Waals surface area contributed by atoms with Crippen LogP contribution in [0.5, 0.6) is 0 Å². The number of ether oxygens (including phenoxy) is 1. The van der Waals surface area contributed by atoms with Crippen LogP contribution in [0.2, 0.25) is 0 Å². The summed E-state index contributed by atoms with van der Waals surface area (Å²) in [5, 5.41) is 9.73. The number of nitrogens with zero attached hydrogens (tertiary/aromatic N) is 1. The maximum Gasteiger partial charge on any atom is 0.243 e. The van der Waals surface area contributed by atoms with Gasteiger partial charge in [-0.2, -0.15) is 0 Å². The summed E-state index contributed by atoms with van der Waals surface area (Å²) < 4.78 is 4.92. The van der Waals surface area contributed by atoms with Crippen LogP contribution < -0.4 is 0 Å². The molecule has 0 fully saturated rings. The summed E-state index contributed by atoms with van der Waals surface area (Å²) in [6, 6.07) is 0. The molecule has 1 rings (SSSR count). The predicted octanol–water partition coefficient (Wildman–Crippen LogP) is 1.50. The Morgan fingerprint density at radius 3 is 3.20 bits per heavy atom. The van der Waals surface area contributed by atoms with Crippen LogP contribution in [-0.4, -0.2) is 17.5 Å². The van der Waals surface area contributed by atoms with Crippen LogP contribution in [0.3, 0.4) is 0 Å². The molecular formula is C6H8N2OS. The molecule has 1 aromatic rings. The van der Waals surface area contributed by atoms with Gasteiger partial charge in [-0.1, -0.05) is 0 Å². The van der Waals surface area contributed by atoms with Crippen molar-refractivity contribution >= 4 is 17.2 Å². The molecule has 0 amide bonds. The summed E-state index contributed by atoms with van der Waals surface area (Å²) in [4.78, 5) is 3.90. The molecule has 0 unspecified atom stereocenters. The third-order valence-electron chi connectivity index (χ3n) is 0.915. The maximum absolute atomic E-state index is 7.27. The molecule has 0 radical (unpaired) electrons. The smallest absolute Gasteiger partial charge is 0.243 e. The fraction of sp³-hybridized carbons (Fsp3) is 0.333. The molecule has 0 bridgehead atoms. The molecule has 0 spiro atoms. The van der Waals surface area contributed by atoms with Crippen molar-refractivity contribution in [2.45, 2.75) is 6.92 Å². The molecule has 3 nitrogen and oxygen atoms in total. The molecule has 0 saturated carbocycles. The van der Waals surface area contributed by atoms with Crippen molar-refractivity contribution in [3.63, 3.8) is 0 Å². The highest BCUT2D eigenvalue weighted by atomic mass is 32.1. The molecular weight excluding hydrogens is 148 g/mol. The van der Waals surface area contributed by atoms with Crippen molar-refractivity contribution in [1.29, 1.82) is 5.41 Å². The first kappa shape index (κ1) is 7.21. The SMILES string of the molecule is CCOC(=N)c1nccs1. The molecule has 0 saturated heterocycles. The molecule has 0 aliphatic heterocycles. The Morgan fingerprint density at radius 2 is 2.70 bits per heavy atom. The fourth-order valence-corrected chi connectivity index (χ4v) is 1.08. The van der Waals surface area contributed by atoms with E-state index in [0.717, 1.165) is 0 Å². The quantitative estimate of drug-likeness (QED) is 0.521. The van der Waals surface area contributed by atoms with Crippen LogP contribution in [0.4, 0.5) is 0 Å². The van der Waals surface area contributed by atoms with E-state index >= 15 is 0 Å². The van der Waals surface area contributed by atoms with Crippen LogP contribution in [0.1, 0.15) is 11.9 Å². The van der Waals surface area contributed by atoms with Gasteiger partial charge in [-0.3, -0.25) is 5.41 Å². The van der Waals surface area contributed by atoms with E-state index in [1.807, 2.05) is 12.3 Å². The Kier molecular flexibility index (Phi) is 2.39. The number of thiazole rings is 1. The second-order valence-electron chi connectivity index (χ2n) is 1.60. The van der Waals surface area contributed by atoms with Gasteiger partial charge < -0.3 is 4.74 Å². The molecule has 0 atom stereocenters. The van der Waals surface area contributed by atoms with Gasteiger partial charge in [0.05, 0.1) is 6.61 Å². The van der Waals surface area contributed by atoms with E-state index in [1.54, 1.807) is 6.20 Å². The number of hydrogen-bond acceptors (Lipinski definition) is 4. The molecule has 54 valence electrons. The van der Waals surface area contributed by atoms with E-state index in [1.165, 1.54) is 11.3 Å². The lowest BCUT2D eigenvalue weighted by atomic mass is 10.7. The van der Waals surface area contributed by atoms with Gasteiger partial charge >= 0.3 is 0 Å². The molecule has 1 N–H and O–H groups in total. The zero-order valence-corrected chi connectivity index (χ0v) is 6.44. The van der Waals surface area contributed by atoms with Gasteiger partial charge in [0, 0.05) is 11.6 Å². The standard InChI is InChI=1S/C6H8N2OS/c1-2-9-5(7)6-8-3-4-10-6/h3-4,7H,2H2,1H3. The number of nitrogens with one attached hydrogen (secondary N) is 1. The van der Waals surface area contributed by atoms with E-state index in [-0.39, 0.29) is 5.90 Å². The zero-order valence-electron chi connectivity index (χ0n) is 5.63. The van der Waals surface area contributed by atoms with E-state index in [2.05, 4.69) is 4.98 Å². The zero-order chi connectivity index (χ0) is 7.40. The topological polar surface area (TPSA) is 46.0 Å². The van der Waals surface area contributed by atoms with E-state index in [9.17, 15) is 0 Å². The third kappa shape index (κ3) is 1.54. The average Bonchev–Trinajstić information content (AvgIpc) is 2.38.